The van der Waals surface area contributed by atoms with Gasteiger partial charge in [-0.1, -0.05) is 27.7 Å². The van der Waals surface area contributed by atoms with Gasteiger partial charge in [-0.15, -0.1) is 0 Å². The van der Waals surface area contributed by atoms with Gasteiger partial charge in [-0.05, 0) is 24.7 Å². The number of hydrogen-bond donors (Lipinski definition) is 5. The number of hydrogen-bond acceptors (Lipinski definition) is 5. The minimum atomic E-state index is -1.69. The highest BCUT2D eigenvalue weighted by Gasteiger charge is 2.34. The Hall–Kier alpha value is -1.67. The molecule has 8 heteroatoms. The highest BCUT2D eigenvalue weighted by atomic mass is 16.5. The van der Waals surface area contributed by atoms with Crippen LogP contribution in [0.1, 0.15) is 40.5 Å². The molecule has 0 aromatic rings. The second-order valence-electron chi connectivity index (χ2n) is 6.46. The molecule has 0 aliphatic heterocycles. The molecule has 0 aliphatic rings. The zero-order valence-corrected chi connectivity index (χ0v) is 14.4. The van der Waals surface area contributed by atoms with Gasteiger partial charge in [0.15, 0.2) is 0 Å². The Bertz CT molecular complexity index is 412. The van der Waals surface area contributed by atoms with Gasteiger partial charge in [-0.2, -0.15) is 0 Å². The fraction of sp³-hybridized carbons (Fsp3) is 0.800. The lowest BCUT2D eigenvalue weighted by Crippen LogP contribution is -2.52. The maximum absolute atomic E-state index is 12.4. The lowest BCUT2D eigenvalue weighted by molar-refractivity contribution is -0.147. The monoisotopic (exact) mass is 331 g/mol. The van der Waals surface area contributed by atoms with Gasteiger partial charge in [0.2, 0.25) is 11.8 Å². The number of hydroxylamine groups is 1. The van der Waals surface area contributed by atoms with E-state index < -0.39 is 29.9 Å². The van der Waals surface area contributed by atoms with Crippen LogP contribution in [0, 0.1) is 17.8 Å². The number of nitrogens with one attached hydrogen (secondary N) is 3. The van der Waals surface area contributed by atoms with Gasteiger partial charge in [0.05, 0.1) is 5.92 Å². The summed E-state index contributed by atoms with van der Waals surface area (Å²) in [6.07, 6.45) is -1.02. The van der Waals surface area contributed by atoms with E-state index in [0.29, 0.717) is 6.42 Å². The minimum absolute atomic E-state index is 0.0374. The molecule has 134 valence electrons. The molecule has 8 nitrogen and oxygen atoms in total. The summed E-state index contributed by atoms with van der Waals surface area (Å²) in [4.78, 5) is 35.7. The molecule has 0 spiro atoms. The number of likely N-dealkylation sites (N-methyl/N-ethyl adjacent to an activating group) is 1. The Morgan fingerprint density at radius 1 is 0.913 bits per heavy atom. The number of aliphatic hydroxyl groups is 1. The first-order chi connectivity index (χ1) is 10.6. The fourth-order valence-electron chi connectivity index (χ4n) is 2.29. The van der Waals surface area contributed by atoms with Gasteiger partial charge in [-0.25, -0.2) is 5.48 Å². The van der Waals surface area contributed by atoms with Crippen molar-refractivity contribution in [2.24, 2.45) is 17.8 Å². The van der Waals surface area contributed by atoms with Crippen molar-refractivity contribution in [3.05, 3.63) is 0 Å². The van der Waals surface area contributed by atoms with Crippen molar-refractivity contribution in [2.45, 2.75) is 52.7 Å². The van der Waals surface area contributed by atoms with Crippen molar-refractivity contribution >= 4 is 17.7 Å². The summed E-state index contributed by atoms with van der Waals surface area (Å²) in [7, 11) is 1.47. The average molecular weight is 331 g/mol. The van der Waals surface area contributed by atoms with Crippen LogP contribution in [-0.2, 0) is 14.4 Å². The molecule has 0 fully saturated rings. The van der Waals surface area contributed by atoms with Crippen LogP contribution < -0.4 is 16.1 Å². The summed E-state index contributed by atoms with van der Waals surface area (Å²) in [5, 5.41) is 23.7. The molecular formula is C15H29N3O5. The zero-order chi connectivity index (χ0) is 18.2. The first-order valence-electron chi connectivity index (χ1n) is 7.77. The maximum atomic E-state index is 12.4. The number of carbonyl (C=O) groups excluding carboxylic acids is 3. The van der Waals surface area contributed by atoms with Crippen LogP contribution in [0.4, 0.5) is 0 Å². The van der Waals surface area contributed by atoms with E-state index >= 15 is 0 Å². The Kier molecular flexibility index (Phi) is 9.43. The van der Waals surface area contributed by atoms with Crippen molar-refractivity contribution in [1.82, 2.24) is 16.1 Å². The first-order valence-corrected chi connectivity index (χ1v) is 7.77. The minimum Gasteiger partial charge on any atom is -0.382 e. The predicted molar refractivity (Wildman–Crippen MR) is 84.3 cm³/mol. The number of rotatable bonds is 9. The first kappa shape index (κ1) is 21.3. The zero-order valence-electron chi connectivity index (χ0n) is 14.4. The molecule has 0 bridgehead atoms. The SMILES string of the molecule is CNC(=O)C(CC(C)C)NC(=O)[C@H](CC(C)C)[C@H](O)C(=O)NO. The van der Waals surface area contributed by atoms with Crippen LogP contribution in [0.15, 0.2) is 0 Å². The highest BCUT2D eigenvalue weighted by Crippen LogP contribution is 2.17. The molecule has 0 rings (SSSR count). The second kappa shape index (κ2) is 10.2. The third-order valence-corrected chi connectivity index (χ3v) is 3.41. The molecule has 0 aromatic carbocycles. The van der Waals surface area contributed by atoms with E-state index in [4.69, 9.17) is 5.21 Å². The van der Waals surface area contributed by atoms with Crippen LogP contribution in [0.3, 0.4) is 0 Å². The Morgan fingerprint density at radius 3 is 1.83 bits per heavy atom. The smallest absolute Gasteiger partial charge is 0.272 e. The van der Waals surface area contributed by atoms with E-state index in [1.807, 2.05) is 27.7 Å². The molecule has 3 atom stereocenters. The molecule has 3 amide bonds. The van der Waals surface area contributed by atoms with E-state index in [-0.39, 0.29) is 24.2 Å². The van der Waals surface area contributed by atoms with Gasteiger partial charge in [0.25, 0.3) is 5.91 Å². The van der Waals surface area contributed by atoms with Gasteiger partial charge in [-0.3, -0.25) is 19.6 Å². The van der Waals surface area contributed by atoms with Crippen LogP contribution in [0.5, 0.6) is 0 Å². The summed E-state index contributed by atoms with van der Waals surface area (Å²) in [5.41, 5.74) is 1.34. The van der Waals surface area contributed by atoms with Crippen LogP contribution in [0.2, 0.25) is 0 Å². The number of carbonyl (C=O) groups is 3. The topological polar surface area (TPSA) is 128 Å². The quantitative estimate of drug-likeness (QED) is 0.295. The molecule has 0 aliphatic carbocycles. The van der Waals surface area contributed by atoms with Crippen molar-refractivity contribution in [3.63, 3.8) is 0 Å². The Labute approximate surface area is 137 Å². The van der Waals surface area contributed by atoms with E-state index in [0.717, 1.165) is 0 Å². The maximum Gasteiger partial charge on any atom is 0.272 e. The van der Waals surface area contributed by atoms with Gasteiger partial charge >= 0.3 is 0 Å². The average Bonchev–Trinajstić information content (AvgIpc) is 2.48. The molecule has 0 saturated carbocycles. The number of amides is 3. The molecule has 0 heterocycles. The molecule has 0 saturated heterocycles. The lowest BCUT2D eigenvalue weighted by Gasteiger charge is -2.26. The van der Waals surface area contributed by atoms with E-state index in [9.17, 15) is 19.5 Å². The third kappa shape index (κ3) is 7.43. The van der Waals surface area contributed by atoms with Crippen LogP contribution >= 0.6 is 0 Å². The largest absolute Gasteiger partial charge is 0.382 e. The molecule has 1 unspecified atom stereocenters. The van der Waals surface area contributed by atoms with E-state index in [2.05, 4.69) is 10.6 Å². The third-order valence-electron chi connectivity index (χ3n) is 3.41. The Morgan fingerprint density at radius 2 is 1.43 bits per heavy atom. The van der Waals surface area contributed by atoms with Gasteiger partial charge in [0, 0.05) is 7.05 Å². The molecule has 0 radical (unpaired) electrons. The fourth-order valence-corrected chi connectivity index (χ4v) is 2.29. The van der Waals surface area contributed by atoms with Gasteiger partial charge < -0.3 is 15.7 Å². The van der Waals surface area contributed by atoms with E-state index in [1.54, 1.807) is 0 Å². The number of aliphatic hydroxyl groups excluding tert-OH is 1. The summed E-state index contributed by atoms with van der Waals surface area (Å²) in [6, 6.07) is -0.744. The summed E-state index contributed by atoms with van der Waals surface area (Å²) >= 11 is 0. The van der Waals surface area contributed by atoms with Crippen molar-refractivity contribution in [1.29, 1.82) is 0 Å². The lowest BCUT2D eigenvalue weighted by atomic mass is 9.90. The van der Waals surface area contributed by atoms with Crippen LogP contribution in [-0.4, -0.2) is 47.2 Å². The van der Waals surface area contributed by atoms with Crippen LogP contribution in [0.25, 0.3) is 0 Å². The summed E-state index contributed by atoms with van der Waals surface area (Å²) in [5.74, 6) is -2.82. The second-order valence-corrected chi connectivity index (χ2v) is 6.46. The molecule has 23 heavy (non-hydrogen) atoms. The van der Waals surface area contributed by atoms with Crippen molar-refractivity contribution < 1.29 is 24.7 Å². The van der Waals surface area contributed by atoms with E-state index in [1.165, 1.54) is 12.5 Å². The van der Waals surface area contributed by atoms with Crippen molar-refractivity contribution in [2.75, 3.05) is 7.05 Å². The van der Waals surface area contributed by atoms with Crippen molar-refractivity contribution in [3.8, 4) is 0 Å². The predicted octanol–water partition coefficient (Wildman–Crippen LogP) is -0.208. The normalized spacial score (nSPS) is 15.0. The highest BCUT2D eigenvalue weighted by molar-refractivity contribution is 5.92. The summed E-state index contributed by atoms with van der Waals surface area (Å²) in [6.45, 7) is 7.52. The molecule has 0 aromatic heterocycles. The molecule has 5 N–H and O–H groups in total. The Balaban J connectivity index is 5.17. The summed E-state index contributed by atoms with van der Waals surface area (Å²) < 4.78 is 0. The van der Waals surface area contributed by atoms with Gasteiger partial charge in [0.1, 0.15) is 12.1 Å². The molecular weight excluding hydrogens is 302 g/mol. The standard InChI is InChI=1S/C15H29N3O5/c1-8(2)6-10(12(19)15(22)18-23)13(20)17-11(7-9(3)4)14(21)16-5/h8-12,19,23H,6-7H2,1-5H3,(H,16,21)(H,17,20)(H,18,22)/t10-,11?,12+/m1/s1.